The van der Waals surface area contributed by atoms with Gasteiger partial charge >= 0.3 is 0 Å². The number of nitrogens with zero attached hydrogens (tertiary/aromatic N) is 1. The number of rotatable bonds is 3. The molecule has 0 spiro atoms. The van der Waals surface area contributed by atoms with E-state index < -0.39 is 5.91 Å². The maximum absolute atomic E-state index is 12.1. The summed E-state index contributed by atoms with van der Waals surface area (Å²) in [5, 5.41) is 19.3. The van der Waals surface area contributed by atoms with Gasteiger partial charge in [-0.15, -0.1) is 11.3 Å². The van der Waals surface area contributed by atoms with Crippen molar-refractivity contribution in [3.63, 3.8) is 0 Å². The van der Waals surface area contributed by atoms with Crippen molar-refractivity contribution in [2.24, 2.45) is 0 Å². The third-order valence-corrected chi connectivity index (χ3v) is 4.01. The normalized spacial score (nSPS) is 10.5. The fourth-order valence-corrected chi connectivity index (χ4v) is 2.77. The highest BCUT2D eigenvalue weighted by Crippen LogP contribution is 2.27. The maximum Gasteiger partial charge on any atom is 0.260 e. The minimum absolute atomic E-state index is 0.0559. The van der Waals surface area contributed by atoms with Crippen molar-refractivity contribution in [1.29, 1.82) is 0 Å². The van der Waals surface area contributed by atoms with Gasteiger partial charge < -0.3 is 10.4 Å². The Bertz CT molecular complexity index is 792. The molecule has 6 heteroatoms. The summed E-state index contributed by atoms with van der Waals surface area (Å²) < 4.78 is 0. The SMILES string of the molecule is Cc1ccc(-c2cc(NC(=O)c3ccccc3O)n[nH]2)s1. The number of anilines is 1. The van der Waals surface area contributed by atoms with Crippen LogP contribution in [0.5, 0.6) is 5.75 Å². The molecule has 0 unspecified atom stereocenters. The lowest BCUT2D eigenvalue weighted by Gasteiger charge is -2.03. The molecular formula is C15H13N3O2S. The van der Waals surface area contributed by atoms with Gasteiger partial charge in [-0.05, 0) is 31.2 Å². The number of hydrogen-bond donors (Lipinski definition) is 3. The average molecular weight is 299 g/mol. The van der Waals surface area contributed by atoms with Gasteiger partial charge in [0.2, 0.25) is 0 Å². The van der Waals surface area contributed by atoms with Crippen LogP contribution in [0.2, 0.25) is 0 Å². The largest absolute Gasteiger partial charge is 0.507 e. The number of aromatic amines is 1. The number of carbonyl (C=O) groups is 1. The van der Waals surface area contributed by atoms with E-state index in [9.17, 15) is 9.90 Å². The van der Waals surface area contributed by atoms with Crippen molar-refractivity contribution < 1.29 is 9.90 Å². The fraction of sp³-hybridized carbons (Fsp3) is 0.0667. The van der Waals surface area contributed by atoms with E-state index in [1.165, 1.54) is 10.9 Å². The van der Waals surface area contributed by atoms with Gasteiger partial charge in [0, 0.05) is 10.9 Å². The number of amides is 1. The number of para-hydroxylation sites is 1. The summed E-state index contributed by atoms with van der Waals surface area (Å²) in [5.74, 6) is -0.0301. The molecule has 0 saturated carbocycles. The van der Waals surface area contributed by atoms with Gasteiger partial charge in [-0.1, -0.05) is 12.1 Å². The Kier molecular flexibility index (Phi) is 3.45. The molecule has 3 aromatic rings. The molecule has 3 rings (SSSR count). The predicted octanol–water partition coefficient (Wildman–Crippen LogP) is 3.40. The zero-order valence-electron chi connectivity index (χ0n) is 11.3. The van der Waals surface area contributed by atoms with Crippen molar-refractivity contribution >= 4 is 23.1 Å². The molecule has 3 N–H and O–H groups in total. The van der Waals surface area contributed by atoms with E-state index in [-0.39, 0.29) is 11.3 Å². The number of aromatic nitrogens is 2. The summed E-state index contributed by atoms with van der Waals surface area (Å²) in [7, 11) is 0. The Morgan fingerprint density at radius 1 is 1.29 bits per heavy atom. The van der Waals surface area contributed by atoms with Crippen molar-refractivity contribution in [2.75, 3.05) is 5.32 Å². The third-order valence-electron chi connectivity index (χ3n) is 2.97. The van der Waals surface area contributed by atoms with Crippen LogP contribution in [0.25, 0.3) is 10.6 Å². The van der Waals surface area contributed by atoms with E-state index in [1.807, 2.05) is 19.1 Å². The Balaban J connectivity index is 1.79. The monoisotopic (exact) mass is 299 g/mol. The molecule has 0 atom stereocenters. The highest BCUT2D eigenvalue weighted by Gasteiger charge is 2.13. The Morgan fingerprint density at radius 2 is 2.10 bits per heavy atom. The van der Waals surface area contributed by atoms with Crippen molar-refractivity contribution in [3.8, 4) is 16.3 Å². The topological polar surface area (TPSA) is 78.0 Å². The van der Waals surface area contributed by atoms with E-state index in [4.69, 9.17) is 0 Å². The van der Waals surface area contributed by atoms with Gasteiger partial charge in [0.15, 0.2) is 5.82 Å². The van der Waals surface area contributed by atoms with E-state index in [2.05, 4.69) is 15.5 Å². The van der Waals surface area contributed by atoms with Crippen molar-refractivity contribution in [1.82, 2.24) is 10.2 Å². The van der Waals surface area contributed by atoms with E-state index >= 15 is 0 Å². The second-order valence-electron chi connectivity index (χ2n) is 4.55. The number of phenolic OH excluding ortho intramolecular Hbond substituents is 1. The summed E-state index contributed by atoms with van der Waals surface area (Å²) in [6.07, 6.45) is 0. The highest BCUT2D eigenvalue weighted by molar-refractivity contribution is 7.15. The van der Waals surface area contributed by atoms with Crippen LogP contribution in [0.15, 0.2) is 42.5 Å². The molecular weight excluding hydrogens is 286 g/mol. The van der Waals surface area contributed by atoms with Gasteiger partial charge in [-0.2, -0.15) is 5.10 Å². The summed E-state index contributed by atoms with van der Waals surface area (Å²) in [5.41, 5.74) is 1.06. The predicted molar refractivity (Wildman–Crippen MR) is 82.7 cm³/mol. The number of aromatic hydroxyl groups is 1. The molecule has 106 valence electrons. The molecule has 1 amide bonds. The first-order valence-electron chi connectivity index (χ1n) is 6.35. The second kappa shape index (κ2) is 5.41. The quantitative estimate of drug-likeness (QED) is 0.693. The first kappa shape index (κ1) is 13.4. The minimum atomic E-state index is -0.395. The Morgan fingerprint density at radius 3 is 2.81 bits per heavy atom. The smallest absolute Gasteiger partial charge is 0.260 e. The lowest BCUT2D eigenvalue weighted by atomic mass is 10.2. The van der Waals surface area contributed by atoms with Gasteiger partial charge in [0.05, 0.1) is 16.1 Å². The summed E-state index contributed by atoms with van der Waals surface area (Å²) in [6.45, 7) is 2.03. The van der Waals surface area contributed by atoms with Crippen LogP contribution in [0.4, 0.5) is 5.82 Å². The average Bonchev–Trinajstić information content (AvgIpc) is 3.08. The molecule has 2 heterocycles. The van der Waals surface area contributed by atoms with Crippen molar-refractivity contribution in [3.05, 3.63) is 52.9 Å². The molecule has 21 heavy (non-hydrogen) atoms. The number of aryl methyl sites for hydroxylation is 1. The minimum Gasteiger partial charge on any atom is -0.507 e. The molecule has 0 aliphatic heterocycles. The highest BCUT2D eigenvalue weighted by atomic mass is 32.1. The molecule has 0 bridgehead atoms. The molecule has 0 saturated heterocycles. The third kappa shape index (κ3) is 2.80. The van der Waals surface area contributed by atoms with Crippen LogP contribution in [-0.2, 0) is 0 Å². The Labute approximate surface area is 125 Å². The number of benzene rings is 1. The molecule has 0 aliphatic rings. The number of thiophene rings is 1. The molecule has 5 nitrogen and oxygen atoms in total. The molecule has 0 aliphatic carbocycles. The molecule has 2 aromatic heterocycles. The van der Waals surface area contributed by atoms with Crippen LogP contribution in [-0.4, -0.2) is 21.2 Å². The Hall–Kier alpha value is -2.60. The first-order chi connectivity index (χ1) is 10.1. The lowest BCUT2D eigenvalue weighted by Crippen LogP contribution is -2.12. The zero-order chi connectivity index (χ0) is 14.8. The van der Waals surface area contributed by atoms with Gasteiger partial charge in [-0.3, -0.25) is 9.89 Å². The lowest BCUT2D eigenvalue weighted by molar-refractivity contribution is 0.102. The van der Waals surface area contributed by atoms with Crippen molar-refractivity contribution in [2.45, 2.75) is 6.92 Å². The standard InChI is InChI=1S/C15H13N3O2S/c1-9-6-7-13(21-9)11-8-14(18-17-11)16-15(20)10-4-2-3-5-12(10)19/h2-8,19H,1H3,(H2,16,17,18,20). The zero-order valence-corrected chi connectivity index (χ0v) is 12.1. The maximum atomic E-state index is 12.1. The van der Waals surface area contributed by atoms with Crippen LogP contribution >= 0.6 is 11.3 Å². The van der Waals surface area contributed by atoms with Gasteiger partial charge in [-0.25, -0.2) is 0 Å². The van der Waals surface area contributed by atoms with E-state index in [0.29, 0.717) is 5.82 Å². The molecule has 0 fully saturated rings. The number of hydrogen-bond acceptors (Lipinski definition) is 4. The number of phenols is 1. The summed E-state index contributed by atoms with van der Waals surface area (Å²) >= 11 is 1.65. The van der Waals surface area contributed by atoms with E-state index in [0.717, 1.165) is 10.6 Å². The summed E-state index contributed by atoms with van der Waals surface area (Å²) in [6, 6.07) is 12.2. The number of carbonyl (C=O) groups excluding carboxylic acids is 1. The van der Waals surface area contributed by atoms with Crippen LogP contribution in [0.3, 0.4) is 0 Å². The fourth-order valence-electron chi connectivity index (χ4n) is 1.94. The molecule has 1 aromatic carbocycles. The van der Waals surface area contributed by atoms with Gasteiger partial charge in [0.1, 0.15) is 5.75 Å². The number of nitrogens with one attached hydrogen (secondary N) is 2. The molecule has 0 radical (unpaired) electrons. The number of H-pyrrole nitrogens is 1. The van der Waals surface area contributed by atoms with Crippen LogP contribution < -0.4 is 5.32 Å². The van der Waals surface area contributed by atoms with Gasteiger partial charge in [0.25, 0.3) is 5.91 Å². The van der Waals surface area contributed by atoms with Crippen LogP contribution in [0, 0.1) is 6.92 Å². The first-order valence-corrected chi connectivity index (χ1v) is 7.17. The summed E-state index contributed by atoms with van der Waals surface area (Å²) in [4.78, 5) is 14.3. The second-order valence-corrected chi connectivity index (χ2v) is 5.84. The van der Waals surface area contributed by atoms with Crippen LogP contribution in [0.1, 0.15) is 15.2 Å². The van der Waals surface area contributed by atoms with E-state index in [1.54, 1.807) is 35.6 Å².